The van der Waals surface area contributed by atoms with Gasteiger partial charge in [-0.25, -0.2) is 5.10 Å². The van der Waals surface area contributed by atoms with Crippen LogP contribution in [0, 0.1) is 0 Å². The minimum atomic E-state index is -0.238. The van der Waals surface area contributed by atoms with Crippen molar-refractivity contribution in [1.82, 2.24) is 19.7 Å². The molecule has 1 amide bonds. The molecule has 0 aliphatic carbocycles. The lowest BCUT2D eigenvalue weighted by Crippen LogP contribution is -2.18. The van der Waals surface area contributed by atoms with Crippen molar-refractivity contribution in [1.29, 1.82) is 0 Å². The van der Waals surface area contributed by atoms with E-state index in [0.29, 0.717) is 12.3 Å². The van der Waals surface area contributed by atoms with Gasteiger partial charge in [-0.15, -0.1) is 5.10 Å². The number of nitrogens with zero attached hydrogens (tertiary/aromatic N) is 3. The Labute approximate surface area is 111 Å². The van der Waals surface area contributed by atoms with E-state index in [0.717, 1.165) is 0 Å². The van der Waals surface area contributed by atoms with E-state index in [1.54, 1.807) is 6.07 Å². The summed E-state index contributed by atoms with van der Waals surface area (Å²) in [7, 11) is 0. The van der Waals surface area contributed by atoms with Crippen LogP contribution in [0.25, 0.3) is 0 Å². The first-order valence-corrected chi connectivity index (χ1v) is 6.15. The Morgan fingerprint density at radius 1 is 1.58 bits per heavy atom. The molecule has 7 nitrogen and oxygen atoms in total. The highest BCUT2D eigenvalue weighted by Gasteiger charge is 2.14. The summed E-state index contributed by atoms with van der Waals surface area (Å²) in [6, 6.07) is 4.03. The van der Waals surface area contributed by atoms with Crippen LogP contribution in [0.2, 0.25) is 0 Å². The Morgan fingerprint density at radius 3 is 3.05 bits per heavy atom. The van der Waals surface area contributed by atoms with Crippen molar-refractivity contribution in [2.45, 2.75) is 26.8 Å². The minimum Gasteiger partial charge on any atom is -0.463 e. The van der Waals surface area contributed by atoms with Crippen molar-refractivity contribution in [3.8, 4) is 6.01 Å². The molecule has 102 valence electrons. The Morgan fingerprint density at radius 2 is 2.37 bits per heavy atom. The highest BCUT2D eigenvalue weighted by molar-refractivity contribution is 6.02. The molecule has 0 aliphatic heterocycles. The second-order valence-electron chi connectivity index (χ2n) is 4.25. The van der Waals surface area contributed by atoms with Crippen molar-refractivity contribution < 1.29 is 9.53 Å². The predicted molar refractivity (Wildman–Crippen MR) is 70.3 cm³/mol. The second-order valence-corrected chi connectivity index (χ2v) is 4.25. The van der Waals surface area contributed by atoms with Gasteiger partial charge in [0.2, 0.25) is 5.95 Å². The molecule has 0 saturated heterocycles. The molecule has 0 spiro atoms. The van der Waals surface area contributed by atoms with E-state index in [4.69, 9.17) is 4.74 Å². The fourth-order valence-corrected chi connectivity index (χ4v) is 1.70. The first kappa shape index (κ1) is 13.1. The normalized spacial score (nSPS) is 10.7. The monoisotopic (exact) mass is 263 g/mol. The van der Waals surface area contributed by atoms with Gasteiger partial charge in [-0.1, -0.05) is 0 Å². The second kappa shape index (κ2) is 5.55. The maximum Gasteiger partial charge on any atom is 0.337 e. The number of ether oxygens (including phenoxy) is 1. The molecule has 0 radical (unpaired) electrons. The third-order valence-electron chi connectivity index (χ3n) is 2.54. The van der Waals surface area contributed by atoms with E-state index >= 15 is 0 Å². The lowest BCUT2D eigenvalue weighted by atomic mass is 10.3. The fraction of sp³-hybridized carbons (Fsp3) is 0.417. The van der Waals surface area contributed by atoms with Crippen LogP contribution >= 0.6 is 0 Å². The smallest absolute Gasteiger partial charge is 0.337 e. The molecule has 0 bridgehead atoms. The first-order chi connectivity index (χ1) is 9.11. The number of H-pyrrole nitrogens is 1. The molecule has 2 heterocycles. The number of amides is 1. The summed E-state index contributed by atoms with van der Waals surface area (Å²) in [5.41, 5.74) is 0.573. The quantitative estimate of drug-likeness (QED) is 0.862. The van der Waals surface area contributed by atoms with Crippen LogP contribution in [0.4, 0.5) is 5.95 Å². The molecule has 19 heavy (non-hydrogen) atoms. The van der Waals surface area contributed by atoms with Crippen LogP contribution in [-0.2, 0) is 0 Å². The van der Waals surface area contributed by atoms with Gasteiger partial charge in [0.15, 0.2) is 0 Å². The Kier molecular flexibility index (Phi) is 3.84. The molecular weight excluding hydrogens is 246 g/mol. The van der Waals surface area contributed by atoms with Crippen molar-refractivity contribution >= 4 is 11.9 Å². The SMILES string of the molecule is CCOc1n[nH]c(NC(=O)c2cccn2C(C)C)n1. The first-order valence-electron chi connectivity index (χ1n) is 6.15. The summed E-state index contributed by atoms with van der Waals surface area (Å²) in [6.45, 7) is 6.34. The molecule has 7 heteroatoms. The molecule has 0 atom stereocenters. The topological polar surface area (TPSA) is 84.8 Å². The van der Waals surface area contributed by atoms with E-state index in [2.05, 4.69) is 20.5 Å². The Balaban J connectivity index is 2.09. The lowest BCUT2D eigenvalue weighted by Gasteiger charge is -2.11. The van der Waals surface area contributed by atoms with Gasteiger partial charge < -0.3 is 9.30 Å². The summed E-state index contributed by atoms with van der Waals surface area (Å²) in [5.74, 6) is 0.0304. The van der Waals surface area contributed by atoms with Crippen LogP contribution in [0.3, 0.4) is 0 Å². The molecular formula is C12H17N5O2. The van der Waals surface area contributed by atoms with Gasteiger partial charge in [-0.2, -0.15) is 4.98 Å². The number of carbonyl (C=O) groups excluding carboxylic acids is 1. The zero-order valence-electron chi connectivity index (χ0n) is 11.2. The molecule has 0 aromatic carbocycles. The molecule has 2 aromatic heterocycles. The largest absolute Gasteiger partial charge is 0.463 e. The molecule has 2 rings (SSSR count). The van der Waals surface area contributed by atoms with Crippen molar-refractivity contribution in [2.24, 2.45) is 0 Å². The molecule has 2 N–H and O–H groups in total. The van der Waals surface area contributed by atoms with Crippen LogP contribution in [-0.4, -0.2) is 32.3 Å². The number of aromatic nitrogens is 4. The third kappa shape index (κ3) is 2.93. The van der Waals surface area contributed by atoms with Crippen LogP contribution in [0.15, 0.2) is 18.3 Å². The number of hydrogen-bond donors (Lipinski definition) is 2. The highest BCUT2D eigenvalue weighted by Crippen LogP contribution is 2.13. The van der Waals surface area contributed by atoms with Crippen molar-refractivity contribution in [3.63, 3.8) is 0 Å². The average molecular weight is 263 g/mol. The van der Waals surface area contributed by atoms with Gasteiger partial charge in [-0.05, 0) is 32.9 Å². The Bertz CT molecular complexity index is 558. The fourth-order valence-electron chi connectivity index (χ4n) is 1.70. The van der Waals surface area contributed by atoms with Crippen LogP contribution in [0.1, 0.15) is 37.3 Å². The summed E-state index contributed by atoms with van der Waals surface area (Å²) < 4.78 is 6.99. The molecule has 2 aromatic rings. The number of nitrogens with one attached hydrogen (secondary N) is 2. The minimum absolute atomic E-state index is 0.212. The number of anilines is 1. The summed E-state index contributed by atoms with van der Waals surface area (Å²) >= 11 is 0. The van der Waals surface area contributed by atoms with E-state index in [1.165, 1.54) is 0 Å². The Hall–Kier alpha value is -2.31. The van der Waals surface area contributed by atoms with E-state index in [-0.39, 0.29) is 23.9 Å². The predicted octanol–water partition coefficient (Wildman–Crippen LogP) is 1.84. The van der Waals surface area contributed by atoms with E-state index < -0.39 is 0 Å². The summed E-state index contributed by atoms with van der Waals surface area (Å²) in [4.78, 5) is 16.1. The zero-order valence-corrected chi connectivity index (χ0v) is 11.2. The molecule has 0 unspecified atom stereocenters. The molecule has 0 fully saturated rings. The average Bonchev–Trinajstić information content (AvgIpc) is 2.98. The van der Waals surface area contributed by atoms with Crippen molar-refractivity contribution in [3.05, 3.63) is 24.0 Å². The van der Waals surface area contributed by atoms with Gasteiger partial charge in [-0.3, -0.25) is 10.1 Å². The third-order valence-corrected chi connectivity index (χ3v) is 2.54. The number of aromatic amines is 1. The molecule has 0 aliphatic rings. The van der Waals surface area contributed by atoms with Gasteiger partial charge in [0.25, 0.3) is 5.91 Å². The maximum atomic E-state index is 12.1. The highest BCUT2D eigenvalue weighted by atomic mass is 16.5. The van der Waals surface area contributed by atoms with E-state index in [9.17, 15) is 4.79 Å². The number of carbonyl (C=O) groups is 1. The molecule has 0 saturated carbocycles. The van der Waals surface area contributed by atoms with Crippen molar-refractivity contribution in [2.75, 3.05) is 11.9 Å². The zero-order chi connectivity index (χ0) is 13.8. The summed E-state index contributed by atoms with van der Waals surface area (Å²) in [6.07, 6.45) is 1.87. The van der Waals surface area contributed by atoms with Crippen LogP contribution in [0.5, 0.6) is 6.01 Å². The number of hydrogen-bond acceptors (Lipinski definition) is 4. The van der Waals surface area contributed by atoms with Gasteiger partial charge in [0, 0.05) is 12.2 Å². The van der Waals surface area contributed by atoms with Gasteiger partial charge in [0.05, 0.1) is 6.61 Å². The van der Waals surface area contributed by atoms with E-state index in [1.807, 2.05) is 37.6 Å². The lowest BCUT2D eigenvalue weighted by molar-refractivity contribution is 0.101. The van der Waals surface area contributed by atoms with Gasteiger partial charge in [0.1, 0.15) is 5.69 Å². The van der Waals surface area contributed by atoms with Gasteiger partial charge >= 0.3 is 6.01 Å². The van der Waals surface area contributed by atoms with Crippen LogP contribution < -0.4 is 10.1 Å². The summed E-state index contributed by atoms with van der Waals surface area (Å²) in [5, 5.41) is 9.07. The maximum absolute atomic E-state index is 12.1. The standard InChI is InChI=1S/C12H17N5O2/c1-4-19-12-14-11(15-16-12)13-10(18)9-6-5-7-17(9)8(2)3/h5-8H,4H2,1-3H3,(H2,13,14,15,16,18). The number of rotatable bonds is 5.